The van der Waals surface area contributed by atoms with Crippen LogP contribution in [-0.2, 0) is 14.3 Å². The molecule has 2 amide bonds. The van der Waals surface area contributed by atoms with E-state index < -0.39 is 24.0 Å². The van der Waals surface area contributed by atoms with Gasteiger partial charge in [0, 0.05) is 19.0 Å². The predicted octanol–water partition coefficient (Wildman–Crippen LogP) is 4.04. The molecule has 0 bridgehead atoms. The number of amides is 2. The van der Waals surface area contributed by atoms with E-state index in [1.54, 1.807) is 11.0 Å². The number of fused-ring (bicyclic) bond motifs is 3. The molecule has 1 heterocycles. The van der Waals surface area contributed by atoms with Crippen molar-refractivity contribution in [2.45, 2.75) is 31.7 Å². The number of aliphatic carboxylic acids is 1. The Balaban J connectivity index is 1.39. The maximum Gasteiger partial charge on any atom is 0.407 e. The number of nitrogens with zero attached hydrogens (tertiary/aromatic N) is 1. The molecule has 1 aliphatic carbocycles. The standard InChI is InChI=1S/C27H30N2O5/c1-3-8-24(25(30)29-14-13-18(26(31)32)17(2)15-29)28-27(33)34-16-23-21-11-6-4-9-19(21)20-10-5-7-12-22(20)23/h3-7,9-12,17-18,23-24H,1,8,13-16H2,2H3,(H,28,33)(H,31,32). The van der Waals surface area contributed by atoms with Crippen LogP contribution < -0.4 is 5.32 Å². The molecule has 2 N–H and O–H groups in total. The average molecular weight is 463 g/mol. The van der Waals surface area contributed by atoms with E-state index >= 15 is 0 Å². The van der Waals surface area contributed by atoms with Crippen molar-refractivity contribution in [3.63, 3.8) is 0 Å². The fraction of sp³-hybridized carbons (Fsp3) is 0.370. The first-order chi connectivity index (χ1) is 16.4. The zero-order valence-electron chi connectivity index (χ0n) is 19.3. The van der Waals surface area contributed by atoms with Crippen molar-refractivity contribution in [2.75, 3.05) is 19.7 Å². The highest BCUT2D eigenvalue weighted by Gasteiger charge is 2.36. The number of likely N-dealkylation sites (tertiary alicyclic amines) is 1. The zero-order valence-corrected chi connectivity index (χ0v) is 19.3. The van der Waals surface area contributed by atoms with Gasteiger partial charge >= 0.3 is 12.1 Å². The Kier molecular flexibility index (Phi) is 7.01. The quantitative estimate of drug-likeness (QED) is 0.606. The van der Waals surface area contributed by atoms with Gasteiger partial charge < -0.3 is 20.1 Å². The topological polar surface area (TPSA) is 95.9 Å². The smallest absolute Gasteiger partial charge is 0.407 e. The second-order valence-corrected chi connectivity index (χ2v) is 9.04. The number of hydrogen-bond donors (Lipinski definition) is 2. The normalized spacial score (nSPS) is 20.1. The van der Waals surface area contributed by atoms with Gasteiger partial charge in [-0.1, -0.05) is 61.5 Å². The van der Waals surface area contributed by atoms with Crippen LogP contribution in [0.2, 0.25) is 0 Å². The molecule has 0 radical (unpaired) electrons. The number of carbonyl (C=O) groups is 3. The number of hydrogen-bond acceptors (Lipinski definition) is 4. The van der Waals surface area contributed by atoms with E-state index in [-0.39, 0.29) is 30.8 Å². The van der Waals surface area contributed by atoms with Gasteiger partial charge in [-0.05, 0) is 41.0 Å². The Morgan fingerprint density at radius 3 is 2.32 bits per heavy atom. The lowest BCUT2D eigenvalue weighted by Crippen LogP contribution is -2.53. The second kappa shape index (κ2) is 10.1. The minimum Gasteiger partial charge on any atom is -0.481 e. The SMILES string of the molecule is C=CCC(NC(=O)OCC1c2ccccc2-c2ccccc21)C(=O)N1CCC(C(=O)O)C(C)C1. The lowest BCUT2D eigenvalue weighted by atomic mass is 9.86. The molecule has 178 valence electrons. The van der Waals surface area contributed by atoms with Crippen LogP contribution in [0.15, 0.2) is 61.2 Å². The van der Waals surface area contributed by atoms with Crippen molar-refractivity contribution < 1.29 is 24.2 Å². The van der Waals surface area contributed by atoms with Gasteiger partial charge in [0.15, 0.2) is 0 Å². The summed E-state index contributed by atoms with van der Waals surface area (Å²) in [6.07, 6.45) is 1.58. The molecule has 2 aromatic carbocycles. The number of ether oxygens (including phenoxy) is 1. The van der Waals surface area contributed by atoms with E-state index in [9.17, 15) is 19.5 Å². The molecule has 1 fully saturated rings. The van der Waals surface area contributed by atoms with Crippen LogP contribution in [-0.4, -0.2) is 53.7 Å². The molecule has 3 atom stereocenters. The van der Waals surface area contributed by atoms with E-state index in [1.807, 2.05) is 43.3 Å². The first kappa shape index (κ1) is 23.5. The maximum atomic E-state index is 13.1. The fourth-order valence-electron chi connectivity index (χ4n) is 5.10. The summed E-state index contributed by atoms with van der Waals surface area (Å²) in [5, 5.41) is 12.0. The molecule has 7 nitrogen and oxygen atoms in total. The third-order valence-electron chi connectivity index (χ3n) is 6.87. The number of carboxylic acids is 1. The summed E-state index contributed by atoms with van der Waals surface area (Å²) in [5.41, 5.74) is 4.52. The molecule has 2 aromatic rings. The summed E-state index contributed by atoms with van der Waals surface area (Å²) in [7, 11) is 0. The van der Waals surface area contributed by atoms with Gasteiger partial charge in [-0.3, -0.25) is 9.59 Å². The van der Waals surface area contributed by atoms with E-state index in [1.165, 1.54) is 0 Å². The highest BCUT2D eigenvalue weighted by Crippen LogP contribution is 2.44. The van der Waals surface area contributed by atoms with Crippen LogP contribution in [0, 0.1) is 11.8 Å². The van der Waals surface area contributed by atoms with Crippen LogP contribution in [0.25, 0.3) is 11.1 Å². The Morgan fingerprint density at radius 2 is 1.76 bits per heavy atom. The Hall–Kier alpha value is -3.61. The lowest BCUT2D eigenvalue weighted by Gasteiger charge is -2.36. The van der Waals surface area contributed by atoms with Crippen LogP contribution >= 0.6 is 0 Å². The summed E-state index contributed by atoms with van der Waals surface area (Å²) in [6, 6.07) is 15.4. The van der Waals surface area contributed by atoms with Gasteiger partial charge in [0.2, 0.25) is 5.91 Å². The fourth-order valence-corrected chi connectivity index (χ4v) is 5.10. The highest BCUT2D eigenvalue weighted by atomic mass is 16.5. The molecule has 7 heteroatoms. The van der Waals surface area contributed by atoms with Crippen LogP contribution in [0.5, 0.6) is 0 Å². The molecule has 0 spiro atoms. The highest BCUT2D eigenvalue weighted by molar-refractivity contribution is 5.86. The Labute approximate surface area is 199 Å². The largest absolute Gasteiger partial charge is 0.481 e. The molecule has 34 heavy (non-hydrogen) atoms. The van der Waals surface area contributed by atoms with Crippen molar-refractivity contribution in [1.82, 2.24) is 10.2 Å². The van der Waals surface area contributed by atoms with E-state index in [4.69, 9.17) is 4.74 Å². The van der Waals surface area contributed by atoms with E-state index in [0.717, 1.165) is 22.3 Å². The van der Waals surface area contributed by atoms with Gasteiger partial charge in [0.25, 0.3) is 0 Å². The minimum atomic E-state index is -0.834. The first-order valence-corrected chi connectivity index (χ1v) is 11.6. The van der Waals surface area contributed by atoms with Crippen LogP contribution in [0.1, 0.15) is 36.8 Å². The Bertz CT molecular complexity index is 1050. The summed E-state index contributed by atoms with van der Waals surface area (Å²) in [6.45, 7) is 6.39. The summed E-state index contributed by atoms with van der Waals surface area (Å²) in [5.74, 6) is -1.77. The second-order valence-electron chi connectivity index (χ2n) is 9.04. The van der Waals surface area contributed by atoms with Crippen LogP contribution in [0.4, 0.5) is 4.79 Å². The number of benzene rings is 2. The molecule has 4 rings (SSSR count). The minimum absolute atomic E-state index is 0.0670. The first-order valence-electron chi connectivity index (χ1n) is 11.6. The van der Waals surface area contributed by atoms with Gasteiger partial charge in [0.1, 0.15) is 12.6 Å². The van der Waals surface area contributed by atoms with Crippen LogP contribution in [0.3, 0.4) is 0 Å². The summed E-state index contributed by atoms with van der Waals surface area (Å²) >= 11 is 0. The molecular formula is C27H30N2O5. The number of nitrogens with one attached hydrogen (secondary N) is 1. The van der Waals surface area contributed by atoms with E-state index in [2.05, 4.69) is 24.0 Å². The van der Waals surface area contributed by atoms with Gasteiger partial charge in [-0.25, -0.2) is 4.79 Å². The molecule has 1 saturated heterocycles. The molecule has 1 aliphatic heterocycles. The zero-order chi connectivity index (χ0) is 24.2. The number of piperidine rings is 1. The number of rotatable bonds is 7. The van der Waals surface area contributed by atoms with Crippen molar-refractivity contribution >= 4 is 18.0 Å². The summed E-state index contributed by atoms with van der Waals surface area (Å²) in [4.78, 5) is 38.8. The molecule has 0 saturated carbocycles. The third-order valence-corrected chi connectivity index (χ3v) is 6.87. The van der Waals surface area contributed by atoms with Crippen molar-refractivity contribution in [3.8, 4) is 11.1 Å². The molecule has 0 aromatic heterocycles. The monoisotopic (exact) mass is 462 g/mol. The van der Waals surface area contributed by atoms with Gasteiger partial charge in [-0.2, -0.15) is 0 Å². The lowest BCUT2D eigenvalue weighted by molar-refractivity contribution is -0.148. The van der Waals surface area contributed by atoms with Crippen molar-refractivity contribution in [2.24, 2.45) is 11.8 Å². The molecule has 3 unspecified atom stereocenters. The van der Waals surface area contributed by atoms with Gasteiger partial charge in [0.05, 0.1) is 5.92 Å². The Morgan fingerprint density at radius 1 is 1.15 bits per heavy atom. The average Bonchev–Trinajstić information content (AvgIpc) is 3.15. The maximum absolute atomic E-state index is 13.1. The number of alkyl carbamates (subject to hydrolysis) is 1. The number of carbonyl (C=O) groups excluding carboxylic acids is 2. The van der Waals surface area contributed by atoms with Crippen molar-refractivity contribution in [1.29, 1.82) is 0 Å². The number of carboxylic acid groups (broad SMARTS) is 1. The van der Waals surface area contributed by atoms with E-state index in [0.29, 0.717) is 19.5 Å². The molecule has 2 aliphatic rings. The third kappa shape index (κ3) is 4.69. The predicted molar refractivity (Wildman–Crippen MR) is 128 cm³/mol. The van der Waals surface area contributed by atoms with Gasteiger partial charge in [-0.15, -0.1) is 6.58 Å². The molecular weight excluding hydrogens is 432 g/mol. The van der Waals surface area contributed by atoms with Crippen molar-refractivity contribution in [3.05, 3.63) is 72.3 Å². The summed E-state index contributed by atoms with van der Waals surface area (Å²) < 4.78 is 5.59.